The topological polar surface area (TPSA) is 97.4 Å². The number of amides is 1. The van der Waals surface area contributed by atoms with Gasteiger partial charge in [0.1, 0.15) is 5.75 Å². The maximum absolute atomic E-state index is 13.2. The van der Waals surface area contributed by atoms with Crippen LogP contribution in [0.4, 0.5) is 0 Å². The van der Waals surface area contributed by atoms with Crippen LogP contribution in [-0.2, 0) is 31.0 Å². The predicted molar refractivity (Wildman–Crippen MR) is 113 cm³/mol. The minimum atomic E-state index is -3.62. The van der Waals surface area contributed by atoms with E-state index >= 15 is 0 Å². The lowest BCUT2D eigenvalue weighted by Gasteiger charge is -2.40. The van der Waals surface area contributed by atoms with Crippen LogP contribution in [0.15, 0.2) is 24.3 Å². The van der Waals surface area contributed by atoms with E-state index in [9.17, 15) is 13.2 Å². The third-order valence-corrected chi connectivity index (χ3v) is 8.35. The molecule has 3 aliphatic rings. The Kier molecular flexibility index (Phi) is 6.83. The minimum Gasteiger partial charge on any atom is -0.496 e. The minimum absolute atomic E-state index is 0.129. The van der Waals surface area contributed by atoms with E-state index in [1.807, 2.05) is 24.3 Å². The van der Waals surface area contributed by atoms with Crippen molar-refractivity contribution in [2.24, 2.45) is 5.92 Å². The number of carbonyl (C=O) groups is 1. The molecule has 0 aliphatic carbocycles. The zero-order chi connectivity index (χ0) is 21.9. The third kappa shape index (κ3) is 4.88. The first-order valence-electron chi connectivity index (χ1n) is 10.9. The van der Waals surface area contributed by atoms with Crippen molar-refractivity contribution in [1.29, 1.82) is 0 Å². The number of methoxy groups -OCH3 is 1. The summed E-state index contributed by atoms with van der Waals surface area (Å²) in [6.07, 6.45) is 2.40. The summed E-state index contributed by atoms with van der Waals surface area (Å²) in [6.45, 7) is 2.84. The Morgan fingerprint density at radius 2 is 1.87 bits per heavy atom. The molecule has 0 saturated carbocycles. The molecule has 1 atom stereocenters. The van der Waals surface area contributed by atoms with Gasteiger partial charge in [0, 0.05) is 51.1 Å². The first kappa shape index (κ1) is 22.5. The summed E-state index contributed by atoms with van der Waals surface area (Å²) in [6, 6.07) is 7.52. The number of ether oxygens (including phenoxy) is 3. The average molecular weight is 454 g/mol. The number of rotatable bonds is 6. The molecule has 31 heavy (non-hydrogen) atoms. The molecule has 172 valence electrons. The number of hydrogen-bond donors (Lipinski definition) is 1. The highest BCUT2D eigenvalue weighted by molar-refractivity contribution is 7.86. The van der Waals surface area contributed by atoms with Gasteiger partial charge in [0.2, 0.25) is 5.91 Å². The van der Waals surface area contributed by atoms with Crippen LogP contribution in [0.2, 0.25) is 0 Å². The van der Waals surface area contributed by atoms with Gasteiger partial charge in [-0.2, -0.15) is 17.0 Å². The number of nitrogens with zero attached hydrogens (tertiary/aromatic N) is 2. The van der Waals surface area contributed by atoms with Crippen LogP contribution in [0.1, 0.15) is 31.2 Å². The second kappa shape index (κ2) is 9.41. The molecule has 3 aliphatic heterocycles. The molecular formula is C21H31N3O6S. The smallest absolute Gasteiger partial charge is 0.282 e. The second-order valence-electron chi connectivity index (χ2n) is 8.24. The second-order valence-corrected chi connectivity index (χ2v) is 10.2. The summed E-state index contributed by atoms with van der Waals surface area (Å²) in [5.74, 6) is -0.393. The lowest BCUT2D eigenvalue weighted by molar-refractivity contribution is -0.179. The van der Waals surface area contributed by atoms with Crippen LogP contribution in [0.25, 0.3) is 0 Å². The van der Waals surface area contributed by atoms with E-state index in [4.69, 9.17) is 14.2 Å². The molecule has 3 fully saturated rings. The quantitative estimate of drug-likeness (QED) is 0.693. The summed E-state index contributed by atoms with van der Waals surface area (Å²) in [5.41, 5.74) is 0.886. The Morgan fingerprint density at radius 3 is 2.58 bits per heavy atom. The van der Waals surface area contributed by atoms with Crippen molar-refractivity contribution in [2.75, 3.05) is 46.5 Å². The van der Waals surface area contributed by atoms with Gasteiger partial charge >= 0.3 is 0 Å². The van der Waals surface area contributed by atoms with Crippen LogP contribution >= 0.6 is 0 Å². The number of benzene rings is 1. The van der Waals surface area contributed by atoms with Crippen LogP contribution in [-0.4, -0.2) is 75.2 Å². The van der Waals surface area contributed by atoms with Crippen molar-refractivity contribution in [3.05, 3.63) is 29.8 Å². The molecule has 1 N–H and O–H groups in total. The van der Waals surface area contributed by atoms with Crippen LogP contribution in [0.3, 0.4) is 0 Å². The largest absolute Gasteiger partial charge is 0.496 e. The maximum atomic E-state index is 13.2. The van der Waals surface area contributed by atoms with E-state index in [2.05, 4.69) is 5.32 Å². The van der Waals surface area contributed by atoms with Gasteiger partial charge < -0.3 is 19.5 Å². The molecule has 1 amide bonds. The molecule has 1 spiro atoms. The Labute approximate surface area is 183 Å². The van der Waals surface area contributed by atoms with Gasteiger partial charge in [-0.15, -0.1) is 0 Å². The normalized spacial score (nSPS) is 24.9. The standard InChI is InChI=1S/C21H31N3O6S/c1-28-19-7-3-2-5-17(19)15-22-20(25)18-6-4-10-24(16-18)31(26,27)23-11-8-21(9-12-23)29-13-14-30-21/h2-3,5,7,18H,4,6,8-16H2,1H3,(H,22,25)/t18-/m0/s1. The third-order valence-electron chi connectivity index (χ3n) is 6.35. The summed E-state index contributed by atoms with van der Waals surface area (Å²) in [4.78, 5) is 12.8. The Hall–Kier alpha value is -1.72. The van der Waals surface area contributed by atoms with Crippen molar-refractivity contribution in [3.8, 4) is 5.75 Å². The molecule has 1 aromatic rings. The Balaban J connectivity index is 1.33. The maximum Gasteiger partial charge on any atom is 0.282 e. The predicted octanol–water partition coefficient (Wildman–Crippen LogP) is 1.11. The van der Waals surface area contributed by atoms with E-state index < -0.39 is 16.0 Å². The van der Waals surface area contributed by atoms with E-state index in [0.717, 1.165) is 5.56 Å². The molecule has 3 saturated heterocycles. The number of nitrogens with one attached hydrogen (secondary N) is 1. The zero-order valence-electron chi connectivity index (χ0n) is 17.9. The van der Waals surface area contributed by atoms with Crippen molar-refractivity contribution >= 4 is 16.1 Å². The van der Waals surface area contributed by atoms with Gasteiger partial charge in [-0.1, -0.05) is 18.2 Å². The molecule has 0 unspecified atom stereocenters. The van der Waals surface area contributed by atoms with Crippen LogP contribution in [0, 0.1) is 5.92 Å². The number of piperidine rings is 2. The SMILES string of the molecule is COc1ccccc1CNC(=O)[C@H]1CCCN(S(=O)(=O)N2CCC3(CC2)OCCO3)C1. The van der Waals surface area contributed by atoms with Crippen LogP contribution in [0.5, 0.6) is 5.75 Å². The molecule has 4 rings (SSSR count). The van der Waals surface area contributed by atoms with Gasteiger partial charge in [-0.05, 0) is 18.9 Å². The fourth-order valence-electron chi connectivity index (χ4n) is 4.55. The summed E-state index contributed by atoms with van der Waals surface area (Å²) in [5, 5.41) is 2.94. The van der Waals surface area contributed by atoms with E-state index in [0.29, 0.717) is 70.8 Å². The summed E-state index contributed by atoms with van der Waals surface area (Å²) in [7, 11) is -2.02. The highest BCUT2D eigenvalue weighted by atomic mass is 32.2. The molecule has 3 heterocycles. The Bertz CT molecular complexity index is 877. The van der Waals surface area contributed by atoms with Gasteiger partial charge in [-0.25, -0.2) is 0 Å². The molecule has 0 bridgehead atoms. The van der Waals surface area contributed by atoms with Gasteiger partial charge in [0.25, 0.3) is 10.2 Å². The van der Waals surface area contributed by atoms with Gasteiger partial charge in [0.05, 0.1) is 26.2 Å². The van der Waals surface area contributed by atoms with Crippen molar-refractivity contribution in [3.63, 3.8) is 0 Å². The molecule has 9 nitrogen and oxygen atoms in total. The fraction of sp³-hybridized carbons (Fsp3) is 0.667. The first-order chi connectivity index (χ1) is 14.9. The zero-order valence-corrected chi connectivity index (χ0v) is 18.7. The monoisotopic (exact) mass is 453 g/mol. The van der Waals surface area contributed by atoms with Crippen molar-refractivity contribution < 1.29 is 27.4 Å². The number of para-hydroxylation sites is 1. The highest BCUT2D eigenvalue weighted by Crippen LogP contribution is 2.33. The van der Waals surface area contributed by atoms with E-state index in [1.54, 1.807) is 7.11 Å². The Morgan fingerprint density at radius 1 is 1.16 bits per heavy atom. The average Bonchev–Trinajstić information content (AvgIpc) is 3.25. The molecular weight excluding hydrogens is 422 g/mol. The van der Waals surface area contributed by atoms with Crippen molar-refractivity contribution in [1.82, 2.24) is 13.9 Å². The highest BCUT2D eigenvalue weighted by Gasteiger charge is 2.44. The number of hydrogen-bond acceptors (Lipinski definition) is 6. The lowest BCUT2D eigenvalue weighted by Crippen LogP contribution is -2.54. The molecule has 0 radical (unpaired) electrons. The lowest BCUT2D eigenvalue weighted by atomic mass is 9.98. The van der Waals surface area contributed by atoms with E-state index in [1.165, 1.54) is 8.61 Å². The fourth-order valence-corrected chi connectivity index (χ4v) is 6.25. The molecule has 10 heteroatoms. The first-order valence-corrected chi connectivity index (χ1v) is 12.3. The van der Waals surface area contributed by atoms with Crippen molar-refractivity contribution in [2.45, 2.75) is 38.0 Å². The number of carbonyl (C=O) groups excluding carboxylic acids is 1. The molecule has 1 aromatic carbocycles. The summed E-state index contributed by atoms with van der Waals surface area (Å²) >= 11 is 0. The molecule has 0 aromatic heterocycles. The van der Waals surface area contributed by atoms with Gasteiger partial charge in [0.15, 0.2) is 5.79 Å². The summed E-state index contributed by atoms with van der Waals surface area (Å²) < 4.78 is 46.1. The van der Waals surface area contributed by atoms with Crippen LogP contribution < -0.4 is 10.1 Å². The van der Waals surface area contributed by atoms with E-state index in [-0.39, 0.29) is 18.4 Å². The van der Waals surface area contributed by atoms with Gasteiger partial charge in [-0.3, -0.25) is 4.79 Å².